The largest absolute Gasteiger partial charge is 0.497 e. The summed E-state index contributed by atoms with van der Waals surface area (Å²) in [4.78, 5) is 20.9. The molecule has 7 heteroatoms. The third-order valence-corrected chi connectivity index (χ3v) is 3.84. The van der Waals surface area contributed by atoms with Gasteiger partial charge in [0.15, 0.2) is 0 Å². The van der Waals surface area contributed by atoms with Crippen LogP contribution in [0.2, 0.25) is 0 Å². The molecule has 3 rings (SSSR count). The van der Waals surface area contributed by atoms with Crippen LogP contribution in [0.5, 0.6) is 11.5 Å². The van der Waals surface area contributed by atoms with E-state index in [0.717, 1.165) is 11.3 Å². The predicted octanol–water partition coefficient (Wildman–Crippen LogP) is 3.80. The standard InChI is InChI=1S/C20H20N4O3/c1-13-4-9-18(27-3)17(12-13)24-20-21-11-10-16(23-20)19(25)22-14-5-7-15(26-2)8-6-14/h4-12H,1-3H3,(H,22,25)(H,21,23,24). The number of hydrogen-bond donors (Lipinski definition) is 2. The molecule has 0 aliphatic rings. The first kappa shape index (κ1) is 18.2. The highest BCUT2D eigenvalue weighted by atomic mass is 16.5. The Kier molecular flexibility index (Phi) is 5.51. The first-order valence-electron chi connectivity index (χ1n) is 8.29. The Hall–Kier alpha value is -3.61. The molecule has 0 saturated carbocycles. The van der Waals surface area contributed by atoms with Gasteiger partial charge in [-0.2, -0.15) is 0 Å². The smallest absolute Gasteiger partial charge is 0.274 e. The fraction of sp³-hybridized carbons (Fsp3) is 0.150. The number of hydrogen-bond acceptors (Lipinski definition) is 6. The predicted molar refractivity (Wildman–Crippen MR) is 104 cm³/mol. The summed E-state index contributed by atoms with van der Waals surface area (Å²) >= 11 is 0. The summed E-state index contributed by atoms with van der Waals surface area (Å²) in [5.41, 5.74) is 2.68. The van der Waals surface area contributed by atoms with E-state index >= 15 is 0 Å². The second-order valence-electron chi connectivity index (χ2n) is 5.78. The summed E-state index contributed by atoms with van der Waals surface area (Å²) in [6.07, 6.45) is 1.53. The number of methoxy groups -OCH3 is 2. The minimum Gasteiger partial charge on any atom is -0.497 e. The molecule has 0 fully saturated rings. The first-order chi connectivity index (χ1) is 13.1. The van der Waals surface area contributed by atoms with E-state index in [1.54, 1.807) is 44.6 Å². The normalized spacial score (nSPS) is 10.2. The summed E-state index contributed by atoms with van der Waals surface area (Å²) in [6, 6.07) is 14.3. The number of benzene rings is 2. The first-order valence-corrected chi connectivity index (χ1v) is 8.29. The number of nitrogens with zero attached hydrogens (tertiary/aromatic N) is 2. The molecule has 7 nitrogen and oxygen atoms in total. The number of aryl methyl sites for hydroxylation is 1. The maximum Gasteiger partial charge on any atom is 0.274 e. The Morgan fingerprint density at radius 2 is 1.78 bits per heavy atom. The van der Waals surface area contributed by atoms with Crippen molar-refractivity contribution in [2.45, 2.75) is 6.92 Å². The molecule has 0 aliphatic heterocycles. The van der Waals surface area contributed by atoms with Crippen LogP contribution in [-0.2, 0) is 0 Å². The van der Waals surface area contributed by atoms with Gasteiger partial charge in [0.1, 0.15) is 17.2 Å². The van der Waals surface area contributed by atoms with Crippen LogP contribution in [-0.4, -0.2) is 30.1 Å². The van der Waals surface area contributed by atoms with Crippen molar-refractivity contribution in [2.24, 2.45) is 0 Å². The number of carbonyl (C=O) groups excluding carboxylic acids is 1. The van der Waals surface area contributed by atoms with Gasteiger partial charge in [0.05, 0.1) is 19.9 Å². The van der Waals surface area contributed by atoms with Gasteiger partial charge in [0.25, 0.3) is 5.91 Å². The van der Waals surface area contributed by atoms with Gasteiger partial charge >= 0.3 is 0 Å². The maximum atomic E-state index is 12.5. The van der Waals surface area contributed by atoms with Crippen LogP contribution in [0.3, 0.4) is 0 Å². The van der Waals surface area contributed by atoms with E-state index in [0.29, 0.717) is 23.1 Å². The third kappa shape index (κ3) is 4.52. The molecule has 0 radical (unpaired) electrons. The molecule has 138 valence electrons. The lowest BCUT2D eigenvalue weighted by atomic mass is 10.2. The van der Waals surface area contributed by atoms with Crippen molar-refractivity contribution >= 4 is 23.2 Å². The van der Waals surface area contributed by atoms with Gasteiger partial charge in [-0.3, -0.25) is 4.79 Å². The van der Waals surface area contributed by atoms with E-state index in [1.807, 2.05) is 25.1 Å². The topological polar surface area (TPSA) is 85.4 Å². The van der Waals surface area contributed by atoms with E-state index in [1.165, 1.54) is 6.20 Å². The van der Waals surface area contributed by atoms with Crippen molar-refractivity contribution in [2.75, 3.05) is 24.9 Å². The SMILES string of the molecule is COc1ccc(NC(=O)c2ccnc(Nc3cc(C)ccc3OC)n2)cc1. The molecular weight excluding hydrogens is 344 g/mol. The fourth-order valence-corrected chi connectivity index (χ4v) is 2.45. The van der Waals surface area contributed by atoms with Crippen molar-refractivity contribution in [3.63, 3.8) is 0 Å². The molecule has 0 spiro atoms. The molecule has 3 aromatic rings. The maximum absolute atomic E-state index is 12.5. The van der Waals surface area contributed by atoms with E-state index in [-0.39, 0.29) is 11.6 Å². The number of aromatic nitrogens is 2. The van der Waals surface area contributed by atoms with Crippen LogP contribution in [0.25, 0.3) is 0 Å². The lowest BCUT2D eigenvalue weighted by Gasteiger charge is -2.11. The van der Waals surface area contributed by atoms with Crippen LogP contribution in [0, 0.1) is 6.92 Å². The summed E-state index contributed by atoms with van der Waals surface area (Å²) in [5.74, 6) is 1.36. The molecule has 2 aromatic carbocycles. The zero-order chi connectivity index (χ0) is 19.2. The van der Waals surface area contributed by atoms with Crippen molar-refractivity contribution in [1.29, 1.82) is 0 Å². The molecule has 0 bridgehead atoms. The Labute approximate surface area is 157 Å². The minimum atomic E-state index is -0.332. The Morgan fingerprint density at radius 3 is 2.48 bits per heavy atom. The third-order valence-electron chi connectivity index (χ3n) is 3.84. The monoisotopic (exact) mass is 364 g/mol. The average Bonchev–Trinajstić information content (AvgIpc) is 2.69. The number of carbonyl (C=O) groups is 1. The summed E-state index contributed by atoms with van der Waals surface area (Å²) in [6.45, 7) is 1.98. The number of amides is 1. The van der Waals surface area contributed by atoms with Crippen molar-refractivity contribution in [3.8, 4) is 11.5 Å². The molecule has 0 aliphatic carbocycles. The summed E-state index contributed by atoms with van der Waals surface area (Å²) in [5, 5.41) is 5.89. The van der Waals surface area contributed by atoms with Crippen LogP contribution in [0.1, 0.15) is 16.1 Å². The van der Waals surface area contributed by atoms with E-state index in [2.05, 4.69) is 20.6 Å². The Bertz CT molecular complexity index is 942. The summed E-state index contributed by atoms with van der Waals surface area (Å²) in [7, 11) is 3.18. The molecule has 1 amide bonds. The van der Waals surface area contributed by atoms with Gasteiger partial charge in [-0.1, -0.05) is 6.07 Å². The van der Waals surface area contributed by atoms with Crippen molar-refractivity contribution in [1.82, 2.24) is 9.97 Å². The number of anilines is 3. The zero-order valence-electron chi connectivity index (χ0n) is 15.3. The quantitative estimate of drug-likeness (QED) is 0.692. The second-order valence-corrected chi connectivity index (χ2v) is 5.78. The van der Waals surface area contributed by atoms with Crippen LogP contribution >= 0.6 is 0 Å². The second kappa shape index (κ2) is 8.18. The number of nitrogens with one attached hydrogen (secondary N) is 2. The van der Waals surface area contributed by atoms with Gasteiger partial charge in [-0.25, -0.2) is 9.97 Å². The molecule has 2 N–H and O–H groups in total. The van der Waals surface area contributed by atoms with Crippen LogP contribution in [0.15, 0.2) is 54.7 Å². The Morgan fingerprint density at radius 1 is 1.00 bits per heavy atom. The number of ether oxygens (including phenoxy) is 2. The highest BCUT2D eigenvalue weighted by Crippen LogP contribution is 2.27. The Balaban J connectivity index is 1.76. The minimum absolute atomic E-state index is 0.245. The van der Waals surface area contributed by atoms with Gasteiger partial charge in [-0.15, -0.1) is 0 Å². The molecule has 0 unspecified atom stereocenters. The van der Waals surface area contributed by atoms with Crippen LogP contribution < -0.4 is 20.1 Å². The molecule has 1 heterocycles. The van der Waals surface area contributed by atoms with Gasteiger partial charge < -0.3 is 20.1 Å². The molecule has 27 heavy (non-hydrogen) atoms. The highest BCUT2D eigenvalue weighted by molar-refractivity contribution is 6.03. The molecule has 0 atom stereocenters. The lowest BCUT2D eigenvalue weighted by Crippen LogP contribution is -2.14. The molecule has 1 aromatic heterocycles. The molecular formula is C20H20N4O3. The zero-order valence-corrected chi connectivity index (χ0v) is 15.3. The highest BCUT2D eigenvalue weighted by Gasteiger charge is 2.11. The van der Waals surface area contributed by atoms with E-state index in [4.69, 9.17) is 9.47 Å². The number of rotatable bonds is 6. The van der Waals surface area contributed by atoms with Gasteiger partial charge in [0, 0.05) is 11.9 Å². The van der Waals surface area contributed by atoms with Crippen molar-refractivity contribution in [3.05, 3.63) is 66.0 Å². The van der Waals surface area contributed by atoms with E-state index < -0.39 is 0 Å². The van der Waals surface area contributed by atoms with Gasteiger partial charge in [-0.05, 0) is 55.0 Å². The lowest BCUT2D eigenvalue weighted by molar-refractivity contribution is 0.102. The molecule has 0 saturated heterocycles. The van der Waals surface area contributed by atoms with E-state index in [9.17, 15) is 4.79 Å². The average molecular weight is 364 g/mol. The fourth-order valence-electron chi connectivity index (χ4n) is 2.45. The summed E-state index contributed by atoms with van der Waals surface area (Å²) < 4.78 is 10.4. The van der Waals surface area contributed by atoms with Crippen molar-refractivity contribution < 1.29 is 14.3 Å². The van der Waals surface area contributed by atoms with Crippen LogP contribution in [0.4, 0.5) is 17.3 Å². The van der Waals surface area contributed by atoms with Gasteiger partial charge in [0.2, 0.25) is 5.95 Å².